The zero-order valence-electron chi connectivity index (χ0n) is 15.1. The van der Waals surface area contributed by atoms with Gasteiger partial charge in [-0.1, -0.05) is 17.3 Å². The number of nitrogens with zero attached hydrogens (tertiary/aromatic N) is 2. The number of halogens is 1. The standard InChI is InChI=1S/C19H24FN3O3/c1-13(2)23-7-8-25-15(12-23)10-19(24)21-11-14-9-18(22-26-14)16-5-3-4-6-17(16)20/h3-6,9,13,15H,7-8,10-12H2,1-2H3,(H,21,24). The fraction of sp³-hybridized carbons (Fsp3) is 0.474. The number of amides is 1. The SMILES string of the molecule is CC(C)N1CCOC(CC(=O)NCc2cc(-c3ccccc3F)no2)C1. The number of carbonyl (C=O) groups excluding carboxylic acids is 1. The Morgan fingerprint density at radius 1 is 1.42 bits per heavy atom. The molecular formula is C19H24FN3O3. The van der Waals surface area contributed by atoms with Gasteiger partial charge < -0.3 is 14.6 Å². The first-order valence-electron chi connectivity index (χ1n) is 8.86. The number of morpholine rings is 1. The van der Waals surface area contributed by atoms with Crippen LogP contribution in [0.25, 0.3) is 11.3 Å². The molecule has 26 heavy (non-hydrogen) atoms. The molecule has 6 nitrogen and oxygen atoms in total. The molecule has 1 fully saturated rings. The predicted molar refractivity (Wildman–Crippen MR) is 94.8 cm³/mol. The third-order valence-electron chi connectivity index (χ3n) is 4.48. The molecule has 1 aromatic carbocycles. The van der Waals surface area contributed by atoms with E-state index in [2.05, 4.69) is 29.2 Å². The Hall–Kier alpha value is -2.25. The van der Waals surface area contributed by atoms with Crippen LogP contribution in [0.1, 0.15) is 26.0 Å². The molecule has 1 aliphatic rings. The van der Waals surface area contributed by atoms with Gasteiger partial charge in [0, 0.05) is 30.8 Å². The van der Waals surface area contributed by atoms with Crippen molar-refractivity contribution < 1.29 is 18.4 Å². The maximum Gasteiger partial charge on any atom is 0.223 e. The second kappa shape index (κ2) is 8.42. The summed E-state index contributed by atoms with van der Waals surface area (Å²) in [5.74, 6) is 0.00922. The Morgan fingerprint density at radius 3 is 3.00 bits per heavy atom. The van der Waals surface area contributed by atoms with Gasteiger partial charge in [-0.25, -0.2) is 4.39 Å². The van der Waals surface area contributed by atoms with Gasteiger partial charge in [0.1, 0.15) is 11.5 Å². The Morgan fingerprint density at radius 2 is 2.23 bits per heavy atom. The Labute approximate surface area is 152 Å². The third-order valence-corrected chi connectivity index (χ3v) is 4.48. The van der Waals surface area contributed by atoms with E-state index in [-0.39, 0.29) is 24.4 Å². The number of benzene rings is 1. The highest BCUT2D eigenvalue weighted by Crippen LogP contribution is 2.22. The molecule has 0 bridgehead atoms. The van der Waals surface area contributed by atoms with Crippen molar-refractivity contribution in [3.63, 3.8) is 0 Å². The molecule has 2 aromatic rings. The van der Waals surface area contributed by atoms with Crippen molar-refractivity contribution in [2.24, 2.45) is 0 Å². The quantitative estimate of drug-likeness (QED) is 0.857. The Bertz CT molecular complexity index is 747. The van der Waals surface area contributed by atoms with Crippen LogP contribution in [0.5, 0.6) is 0 Å². The molecule has 0 spiro atoms. The lowest BCUT2D eigenvalue weighted by molar-refractivity contribution is -0.126. The number of aromatic nitrogens is 1. The minimum Gasteiger partial charge on any atom is -0.375 e. The molecule has 7 heteroatoms. The number of ether oxygens (including phenoxy) is 1. The summed E-state index contributed by atoms with van der Waals surface area (Å²) in [7, 11) is 0. The highest BCUT2D eigenvalue weighted by Gasteiger charge is 2.24. The number of hydrogen-bond acceptors (Lipinski definition) is 5. The summed E-state index contributed by atoms with van der Waals surface area (Å²) in [4.78, 5) is 14.5. The summed E-state index contributed by atoms with van der Waals surface area (Å²) in [6.07, 6.45) is 0.201. The lowest BCUT2D eigenvalue weighted by Crippen LogP contribution is -2.47. The van der Waals surface area contributed by atoms with Crippen LogP contribution in [0.15, 0.2) is 34.9 Å². The van der Waals surface area contributed by atoms with Gasteiger partial charge in [-0.2, -0.15) is 0 Å². The molecule has 1 aromatic heterocycles. The monoisotopic (exact) mass is 361 g/mol. The van der Waals surface area contributed by atoms with Crippen molar-refractivity contribution in [1.29, 1.82) is 0 Å². The van der Waals surface area contributed by atoms with E-state index in [1.54, 1.807) is 24.3 Å². The average molecular weight is 361 g/mol. The van der Waals surface area contributed by atoms with Crippen LogP contribution in [0, 0.1) is 5.82 Å². The number of carbonyl (C=O) groups is 1. The van der Waals surface area contributed by atoms with Gasteiger partial charge in [0.25, 0.3) is 0 Å². The zero-order chi connectivity index (χ0) is 18.5. The first-order valence-corrected chi connectivity index (χ1v) is 8.86. The summed E-state index contributed by atoms with van der Waals surface area (Å²) >= 11 is 0. The molecule has 0 radical (unpaired) electrons. The molecule has 0 aliphatic carbocycles. The van der Waals surface area contributed by atoms with E-state index in [0.717, 1.165) is 13.1 Å². The largest absolute Gasteiger partial charge is 0.375 e. The van der Waals surface area contributed by atoms with Crippen molar-refractivity contribution in [2.75, 3.05) is 19.7 Å². The van der Waals surface area contributed by atoms with E-state index in [0.29, 0.717) is 36.1 Å². The van der Waals surface area contributed by atoms with Gasteiger partial charge in [0.15, 0.2) is 5.76 Å². The van der Waals surface area contributed by atoms with E-state index in [4.69, 9.17) is 9.26 Å². The van der Waals surface area contributed by atoms with Crippen molar-refractivity contribution in [3.05, 3.63) is 41.9 Å². The van der Waals surface area contributed by atoms with E-state index < -0.39 is 0 Å². The van der Waals surface area contributed by atoms with Crippen molar-refractivity contribution in [1.82, 2.24) is 15.4 Å². The molecule has 1 atom stereocenters. The molecule has 140 valence electrons. The number of rotatable bonds is 6. The topological polar surface area (TPSA) is 67.6 Å². The maximum atomic E-state index is 13.8. The fourth-order valence-corrected chi connectivity index (χ4v) is 2.99. The van der Waals surface area contributed by atoms with Gasteiger partial charge in [-0.15, -0.1) is 0 Å². The predicted octanol–water partition coefficient (Wildman–Crippen LogP) is 2.60. The van der Waals surface area contributed by atoms with E-state index in [1.165, 1.54) is 6.07 Å². The summed E-state index contributed by atoms with van der Waals surface area (Å²) < 4.78 is 24.6. The van der Waals surface area contributed by atoms with Crippen LogP contribution in [0.2, 0.25) is 0 Å². The normalized spacial score (nSPS) is 18.2. The molecule has 1 saturated heterocycles. The average Bonchev–Trinajstić information content (AvgIpc) is 3.09. The molecule has 1 N–H and O–H groups in total. The molecule has 1 unspecified atom stereocenters. The molecule has 0 saturated carbocycles. The van der Waals surface area contributed by atoms with Crippen LogP contribution in [0.4, 0.5) is 4.39 Å². The summed E-state index contributed by atoms with van der Waals surface area (Å²) in [6, 6.07) is 8.44. The van der Waals surface area contributed by atoms with Crippen LogP contribution in [-0.2, 0) is 16.1 Å². The van der Waals surface area contributed by atoms with E-state index in [1.807, 2.05) is 0 Å². The molecule has 1 amide bonds. The summed E-state index contributed by atoms with van der Waals surface area (Å²) in [5, 5.41) is 6.68. The van der Waals surface area contributed by atoms with Gasteiger partial charge in [-0.05, 0) is 26.0 Å². The molecule has 2 heterocycles. The maximum absolute atomic E-state index is 13.8. The van der Waals surface area contributed by atoms with Gasteiger partial charge in [-0.3, -0.25) is 9.69 Å². The van der Waals surface area contributed by atoms with Gasteiger partial charge in [0.05, 0.1) is 25.7 Å². The smallest absolute Gasteiger partial charge is 0.223 e. The zero-order valence-corrected chi connectivity index (χ0v) is 15.1. The second-order valence-electron chi connectivity index (χ2n) is 6.72. The molecular weight excluding hydrogens is 337 g/mol. The van der Waals surface area contributed by atoms with Gasteiger partial charge >= 0.3 is 0 Å². The Kier molecular flexibility index (Phi) is 6.00. The van der Waals surface area contributed by atoms with E-state index >= 15 is 0 Å². The lowest BCUT2D eigenvalue weighted by Gasteiger charge is -2.35. The van der Waals surface area contributed by atoms with Crippen LogP contribution in [-0.4, -0.2) is 47.8 Å². The fourth-order valence-electron chi connectivity index (χ4n) is 2.99. The van der Waals surface area contributed by atoms with Crippen molar-refractivity contribution in [2.45, 2.75) is 39.0 Å². The van der Waals surface area contributed by atoms with Crippen molar-refractivity contribution >= 4 is 5.91 Å². The number of nitrogens with one attached hydrogen (secondary N) is 1. The minimum absolute atomic E-state index is 0.102. The minimum atomic E-state index is -0.361. The second-order valence-corrected chi connectivity index (χ2v) is 6.72. The Balaban J connectivity index is 1.50. The molecule has 3 rings (SSSR count). The van der Waals surface area contributed by atoms with Crippen LogP contribution < -0.4 is 5.32 Å². The number of hydrogen-bond donors (Lipinski definition) is 1. The first kappa shape index (κ1) is 18.5. The van der Waals surface area contributed by atoms with E-state index in [9.17, 15) is 9.18 Å². The molecule has 1 aliphatic heterocycles. The van der Waals surface area contributed by atoms with Gasteiger partial charge in [0.2, 0.25) is 5.91 Å². The van der Waals surface area contributed by atoms with Crippen LogP contribution >= 0.6 is 0 Å². The third kappa shape index (κ3) is 4.68. The highest BCUT2D eigenvalue weighted by molar-refractivity contribution is 5.76. The van der Waals surface area contributed by atoms with Crippen molar-refractivity contribution in [3.8, 4) is 11.3 Å². The lowest BCUT2D eigenvalue weighted by atomic mass is 10.1. The summed E-state index contributed by atoms with van der Waals surface area (Å²) in [6.45, 7) is 6.78. The van der Waals surface area contributed by atoms with Crippen LogP contribution in [0.3, 0.4) is 0 Å². The first-order chi connectivity index (χ1) is 12.5. The summed E-state index contributed by atoms with van der Waals surface area (Å²) in [5.41, 5.74) is 0.786. The highest BCUT2D eigenvalue weighted by atomic mass is 19.1.